The van der Waals surface area contributed by atoms with Gasteiger partial charge < -0.3 is 24.8 Å². The molecule has 246 valence electrons. The lowest BCUT2D eigenvalue weighted by molar-refractivity contribution is 0.0231. The van der Waals surface area contributed by atoms with Crippen molar-refractivity contribution in [2.24, 2.45) is 5.41 Å². The zero-order chi connectivity index (χ0) is 32.7. The number of terminal acetylenes is 1. The average Bonchev–Trinajstić information content (AvgIpc) is 3.78. The summed E-state index contributed by atoms with van der Waals surface area (Å²) in [5, 5.41) is 15.6. The molecule has 0 radical (unpaired) electrons. The van der Waals surface area contributed by atoms with Gasteiger partial charge in [0.1, 0.15) is 22.6 Å². The van der Waals surface area contributed by atoms with E-state index >= 15 is 0 Å². The molecular weight excluding hydrogens is 595 g/mol. The standard InChI is InChI=1S/C35H37FN6O3.C2H6/c1-3-26-29(36)7-4-22-14-25(43)15-27(30(22)26)28-16-37-32-31(21(28)2)39-34(40-33(32)42-17-23-5-6-24(18-42)38-23)45-20-35(8-9-35)19-41-10-12-44-13-11-41;1-2/h1,4,7,14-16,23-24,38,43H,5-6,8-13,17-20H2,2H3;1-2H3/t23-,24?;/m0./s1. The number of piperazine rings is 1. The number of nitrogens with one attached hydrogen (secondary N) is 1. The number of phenolic OH excluding ortho intramolecular Hbond substituents is 1. The molecule has 0 amide bonds. The number of halogens is 1. The fourth-order valence-corrected chi connectivity index (χ4v) is 7.44. The number of anilines is 1. The van der Waals surface area contributed by atoms with E-state index < -0.39 is 5.82 Å². The van der Waals surface area contributed by atoms with E-state index in [1.165, 1.54) is 6.07 Å². The maximum atomic E-state index is 14.9. The Bertz CT molecular complexity index is 1840. The molecule has 10 heteroatoms. The summed E-state index contributed by atoms with van der Waals surface area (Å²) in [6.45, 7) is 12.7. The second kappa shape index (κ2) is 12.9. The SMILES string of the molecule is C#Cc1c(F)ccc2cc(O)cc(-c3cnc4c(N5CC6CC[C@@H](C5)N6)nc(OCC5(CN6CCOCC6)CC5)nc4c3C)c12.CC. The van der Waals surface area contributed by atoms with Crippen LogP contribution in [0.3, 0.4) is 0 Å². The van der Waals surface area contributed by atoms with Crippen molar-refractivity contribution in [1.82, 2.24) is 25.2 Å². The Hall–Kier alpha value is -4.04. The van der Waals surface area contributed by atoms with Gasteiger partial charge in [-0.25, -0.2) is 4.39 Å². The van der Waals surface area contributed by atoms with E-state index in [-0.39, 0.29) is 16.7 Å². The number of benzene rings is 2. The molecule has 2 N–H and O–H groups in total. The molecule has 4 aromatic rings. The Morgan fingerprint density at radius 3 is 2.53 bits per heavy atom. The first-order valence-electron chi connectivity index (χ1n) is 16.9. The van der Waals surface area contributed by atoms with Gasteiger partial charge in [0.15, 0.2) is 5.82 Å². The second-order valence-corrected chi connectivity index (χ2v) is 13.2. The number of hydrogen-bond donors (Lipinski definition) is 2. The van der Waals surface area contributed by atoms with E-state index in [9.17, 15) is 9.50 Å². The molecule has 2 aromatic heterocycles. The van der Waals surface area contributed by atoms with Gasteiger partial charge in [-0.3, -0.25) is 9.88 Å². The van der Waals surface area contributed by atoms with Crippen molar-refractivity contribution < 1.29 is 19.0 Å². The van der Waals surface area contributed by atoms with Crippen LogP contribution >= 0.6 is 0 Å². The summed E-state index contributed by atoms with van der Waals surface area (Å²) in [6, 6.07) is 7.35. The van der Waals surface area contributed by atoms with E-state index in [1.54, 1.807) is 24.4 Å². The molecule has 9 nitrogen and oxygen atoms in total. The first-order chi connectivity index (χ1) is 22.9. The van der Waals surface area contributed by atoms with Gasteiger partial charge in [-0.05, 0) is 67.3 Å². The van der Waals surface area contributed by atoms with Crippen LogP contribution < -0.4 is 15.0 Å². The molecule has 1 aliphatic carbocycles. The molecule has 4 fully saturated rings. The van der Waals surface area contributed by atoms with Gasteiger partial charge in [0, 0.05) is 67.4 Å². The van der Waals surface area contributed by atoms with Crippen LogP contribution in [0.1, 0.15) is 50.7 Å². The second-order valence-electron chi connectivity index (χ2n) is 13.2. The van der Waals surface area contributed by atoms with Crippen LogP contribution in [0.5, 0.6) is 11.8 Å². The Kier molecular flexibility index (Phi) is 8.64. The summed E-state index contributed by atoms with van der Waals surface area (Å²) < 4.78 is 26.9. The number of nitrogens with zero attached hydrogens (tertiary/aromatic N) is 5. The molecule has 1 unspecified atom stereocenters. The summed E-state index contributed by atoms with van der Waals surface area (Å²) in [6.07, 6.45) is 12.1. The molecule has 2 aromatic carbocycles. The number of ether oxygens (including phenoxy) is 2. The zero-order valence-corrected chi connectivity index (χ0v) is 27.5. The quantitative estimate of drug-likeness (QED) is 0.257. The topological polar surface area (TPSA) is 95.9 Å². The number of aromatic nitrogens is 3. The highest BCUT2D eigenvalue weighted by Gasteiger charge is 2.45. The molecule has 2 bridgehead atoms. The van der Waals surface area contributed by atoms with E-state index in [4.69, 9.17) is 30.8 Å². The maximum Gasteiger partial charge on any atom is 0.319 e. The smallest absolute Gasteiger partial charge is 0.319 e. The molecule has 3 saturated heterocycles. The molecular formula is C37H43FN6O3. The number of phenols is 1. The van der Waals surface area contributed by atoms with Crippen molar-refractivity contribution in [2.75, 3.05) is 57.4 Å². The van der Waals surface area contributed by atoms with Gasteiger partial charge >= 0.3 is 6.01 Å². The van der Waals surface area contributed by atoms with Gasteiger partial charge in [0.2, 0.25) is 0 Å². The number of aromatic hydroxyl groups is 1. The van der Waals surface area contributed by atoms with Crippen LogP contribution in [0.4, 0.5) is 10.2 Å². The summed E-state index contributed by atoms with van der Waals surface area (Å²) >= 11 is 0. The summed E-state index contributed by atoms with van der Waals surface area (Å²) in [5.41, 5.74) is 3.79. The lowest BCUT2D eigenvalue weighted by Gasteiger charge is -2.34. The van der Waals surface area contributed by atoms with Gasteiger partial charge in [0.25, 0.3) is 0 Å². The lowest BCUT2D eigenvalue weighted by Crippen LogP contribution is -2.51. The van der Waals surface area contributed by atoms with E-state index in [1.807, 2.05) is 20.8 Å². The third-order valence-corrected chi connectivity index (χ3v) is 10.1. The molecule has 0 spiro atoms. The highest BCUT2D eigenvalue weighted by atomic mass is 19.1. The first kappa shape index (κ1) is 31.6. The highest BCUT2D eigenvalue weighted by Crippen LogP contribution is 2.47. The van der Waals surface area contributed by atoms with E-state index in [2.05, 4.69) is 21.0 Å². The van der Waals surface area contributed by atoms with Crippen molar-refractivity contribution in [2.45, 2.75) is 58.5 Å². The minimum atomic E-state index is -0.483. The minimum absolute atomic E-state index is 0.0604. The van der Waals surface area contributed by atoms with Crippen LogP contribution in [0.2, 0.25) is 0 Å². The Balaban J connectivity index is 0.00000172. The van der Waals surface area contributed by atoms with Crippen molar-refractivity contribution >= 4 is 27.6 Å². The molecule has 47 heavy (non-hydrogen) atoms. The summed E-state index contributed by atoms with van der Waals surface area (Å²) in [7, 11) is 0. The zero-order valence-electron chi connectivity index (χ0n) is 27.5. The number of fused-ring (bicyclic) bond motifs is 4. The summed E-state index contributed by atoms with van der Waals surface area (Å²) in [5.74, 6) is 2.87. The van der Waals surface area contributed by atoms with Crippen LogP contribution in [0.15, 0.2) is 30.5 Å². The fraction of sp³-hybridized carbons (Fsp3) is 0.486. The predicted molar refractivity (Wildman–Crippen MR) is 182 cm³/mol. The maximum absolute atomic E-state index is 14.9. The van der Waals surface area contributed by atoms with Crippen molar-refractivity contribution in [3.05, 3.63) is 47.4 Å². The predicted octanol–water partition coefficient (Wildman–Crippen LogP) is 5.44. The molecule has 4 aliphatic rings. The molecule has 8 rings (SSSR count). The third-order valence-electron chi connectivity index (χ3n) is 10.1. The third kappa shape index (κ3) is 6.08. The monoisotopic (exact) mass is 638 g/mol. The fourth-order valence-electron chi connectivity index (χ4n) is 7.44. The summed E-state index contributed by atoms with van der Waals surface area (Å²) in [4.78, 5) is 19.7. The number of rotatable bonds is 7. The van der Waals surface area contributed by atoms with Crippen molar-refractivity contribution in [3.8, 4) is 35.2 Å². The van der Waals surface area contributed by atoms with Crippen LogP contribution in [0, 0.1) is 30.5 Å². The molecule has 1 saturated carbocycles. The number of aryl methyl sites for hydroxylation is 1. The van der Waals surface area contributed by atoms with Crippen molar-refractivity contribution in [3.63, 3.8) is 0 Å². The molecule has 3 aliphatic heterocycles. The van der Waals surface area contributed by atoms with Gasteiger partial charge in [-0.1, -0.05) is 25.8 Å². The molecule has 5 heterocycles. The van der Waals surface area contributed by atoms with Crippen molar-refractivity contribution in [1.29, 1.82) is 0 Å². The normalized spacial score (nSPS) is 21.7. The van der Waals surface area contributed by atoms with Crippen LogP contribution in [-0.2, 0) is 4.74 Å². The van der Waals surface area contributed by atoms with Crippen LogP contribution in [-0.4, -0.2) is 89.6 Å². The Labute approximate surface area is 275 Å². The number of hydrogen-bond acceptors (Lipinski definition) is 9. The van der Waals surface area contributed by atoms with Crippen LogP contribution in [0.25, 0.3) is 32.9 Å². The minimum Gasteiger partial charge on any atom is -0.508 e. The van der Waals surface area contributed by atoms with Gasteiger partial charge in [-0.2, -0.15) is 9.97 Å². The van der Waals surface area contributed by atoms with Gasteiger partial charge in [-0.15, -0.1) is 6.42 Å². The first-order valence-corrected chi connectivity index (χ1v) is 16.9. The lowest BCUT2D eigenvalue weighted by atomic mass is 9.92. The largest absolute Gasteiger partial charge is 0.508 e. The highest BCUT2D eigenvalue weighted by molar-refractivity contribution is 6.04. The molecule has 2 atom stereocenters. The Morgan fingerprint density at radius 2 is 1.83 bits per heavy atom. The Morgan fingerprint density at radius 1 is 1.09 bits per heavy atom. The van der Waals surface area contributed by atoms with E-state index in [0.717, 1.165) is 83.0 Å². The number of pyridine rings is 1. The average molecular weight is 639 g/mol. The van der Waals surface area contributed by atoms with Gasteiger partial charge in [0.05, 0.1) is 25.4 Å². The number of morpholine rings is 1. The van der Waals surface area contributed by atoms with E-state index in [0.29, 0.717) is 57.6 Å².